The van der Waals surface area contributed by atoms with Gasteiger partial charge in [-0.1, -0.05) is 62.3 Å². The number of hydrogen-bond donors (Lipinski definition) is 0. The average molecular weight is 662 g/mol. The molecule has 1 aliphatic heterocycles. The molecule has 262 valence electrons. The fourth-order valence-electron chi connectivity index (χ4n) is 4.34. The highest BCUT2D eigenvalue weighted by Gasteiger charge is 2.27. The highest BCUT2D eigenvalue weighted by Crippen LogP contribution is 2.25. The number of likely N-dealkylation sites (N-methyl/N-ethyl adjacent to an activating group) is 1. The Morgan fingerprint density at radius 3 is 1.54 bits per heavy atom. The number of aromatic nitrogens is 6. The molecule has 0 aromatic carbocycles. The zero-order valence-electron chi connectivity index (χ0n) is 31.2. The zero-order valence-corrected chi connectivity index (χ0v) is 32.0. The molecule has 11 heteroatoms. The maximum atomic E-state index is 11.7. The number of nitrogens with zero attached hydrogens (tertiary/aromatic N) is 7. The fraction of sp³-hybridized carbons (Fsp3) is 0.743. The van der Waals surface area contributed by atoms with Crippen molar-refractivity contribution in [2.45, 2.75) is 137 Å². The third-order valence-corrected chi connectivity index (χ3v) is 10.2. The first kappa shape index (κ1) is 39.7. The van der Waals surface area contributed by atoms with Crippen LogP contribution in [0.4, 0.5) is 0 Å². The van der Waals surface area contributed by atoms with Crippen LogP contribution < -0.4 is 0 Å². The first-order valence-corrected chi connectivity index (χ1v) is 18.3. The van der Waals surface area contributed by atoms with Gasteiger partial charge in [0.1, 0.15) is 0 Å². The molecule has 0 radical (unpaired) electrons. The van der Waals surface area contributed by atoms with E-state index in [0.29, 0.717) is 18.7 Å². The number of aryl methyl sites for hydroxylation is 1. The van der Waals surface area contributed by atoms with Gasteiger partial charge in [0.05, 0.1) is 61.4 Å². The highest BCUT2D eigenvalue weighted by atomic mass is 32.2. The number of likely N-dealkylation sites (tertiary alicyclic amines) is 1. The lowest BCUT2D eigenvalue weighted by Gasteiger charge is -2.36. The van der Waals surface area contributed by atoms with Crippen LogP contribution in [0.25, 0.3) is 0 Å². The van der Waals surface area contributed by atoms with Gasteiger partial charge in [0.15, 0.2) is 9.84 Å². The minimum atomic E-state index is -2.98. The van der Waals surface area contributed by atoms with Crippen molar-refractivity contribution in [2.75, 3.05) is 32.5 Å². The summed E-state index contributed by atoms with van der Waals surface area (Å²) in [5.41, 5.74) is 4.17. The quantitative estimate of drug-likeness (QED) is 0.266. The normalized spacial score (nSPS) is 15.0. The molecule has 0 atom stereocenters. The molecule has 3 aromatic rings. The topological polar surface area (TPSA) is 100 Å². The van der Waals surface area contributed by atoms with Gasteiger partial charge in [0.2, 0.25) is 0 Å². The Bertz CT molecular complexity index is 1430. The van der Waals surface area contributed by atoms with Crippen molar-refractivity contribution < 1.29 is 13.2 Å². The third kappa shape index (κ3) is 13.0. The molecule has 0 N–H and O–H groups in total. The molecule has 1 saturated heterocycles. The number of hydrogen-bond acceptors (Lipinski definition) is 7. The first-order valence-electron chi connectivity index (χ1n) is 16.6. The minimum Gasteiger partial charge on any atom is -0.377 e. The monoisotopic (exact) mass is 661 g/mol. The van der Waals surface area contributed by atoms with E-state index < -0.39 is 9.84 Å². The molecule has 0 aliphatic carbocycles. The summed E-state index contributed by atoms with van der Waals surface area (Å²) in [5.74, 6) is 0.149. The maximum absolute atomic E-state index is 11.7. The first-order chi connectivity index (χ1) is 21.0. The van der Waals surface area contributed by atoms with Gasteiger partial charge in [-0.25, -0.2) is 8.42 Å². The summed E-state index contributed by atoms with van der Waals surface area (Å²) in [7, 11) is -0.840. The molecule has 0 spiro atoms. The average Bonchev–Trinajstić information content (AvgIpc) is 3.66. The van der Waals surface area contributed by atoms with Crippen LogP contribution in [-0.4, -0.2) is 86.5 Å². The molecule has 10 nitrogen and oxygen atoms in total. The van der Waals surface area contributed by atoms with Crippen molar-refractivity contribution in [3.8, 4) is 0 Å². The van der Waals surface area contributed by atoms with Gasteiger partial charge in [-0.2, -0.15) is 15.3 Å². The van der Waals surface area contributed by atoms with E-state index >= 15 is 0 Å². The predicted molar refractivity (Wildman–Crippen MR) is 189 cm³/mol. The molecule has 0 unspecified atom stereocenters. The molecular formula is C35H63N7O3S. The second-order valence-corrected chi connectivity index (χ2v) is 18.8. The molecule has 3 aromatic heterocycles. The van der Waals surface area contributed by atoms with Gasteiger partial charge in [0.25, 0.3) is 0 Å². The van der Waals surface area contributed by atoms with Crippen molar-refractivity contribution in [2.24, 2.45) is 0 Å². The Balaban J connectivity index is 0.000000241. The van der Waals surface area contributed by atoms with Crippen molar-refractivity contribution >= 4 is 9.84 Å². The second kappa shape index (κ2) is 16.1. The van der Waals surface area contributed by atoms with Crippen LogP contribution in [0.1, 0.15) is 113 Å². The van der Waals surface area contributed by atoms with Crippen LogP contribution in [0.15, 0.2) is 37.2 Å². The molecule has 0 amide bonds. The zero-order chi connectivity index (χ0) is 35.1. The number of sulfone groups is 1. The van der Waals surface area contributed by atoms with Crippen LogP contribution in [-0.2, 0) is 43.9 Å². The smallest absolute Gasteiger partial charge is 0.154 e. The SMILES string of the molecule is CC(C)OCCn1cc(C(C)(C)C)cn1.CC(C)S(=O)(=O)CCn1cc(C(C)(C)C)cn1.CN1CC(n2cc(C(C)(C)C)cn2)C1. The van der Waals surface area contributed by atoms with E-state index in [0.717, 1.165) is 31.8 Å². The van der Waals surface area contributed by atoms with Gasteiger partial charge in [-0.05, 0) is 67.7 Å². The molecule has 0 bridgehead atoms. The van der Waals surface area contributed by atoms with Crippen LogP contribution in [0.2, 0.25) is 0 Å². The molecule has 46 heavy (non-hydrogen) atoms. The number of ether oxygens (including phenoxy) is 1. The Labute approximate surface area is 279 Å². The van der Waals surface area contributed by atoms with Gasteiger partial charge in [0, 0.05) is 31.7 Å². The lowest BCUT2D eigenvalue weighted by Crippen LogP contribution is -2.45. The van der Waals surface area contributed by atoms with Crippen molar-refractivity contribution in [1.29, 1.82) is 0 Å². The van der Waals surface area contributed by atoms with E-state index in [1.807, 2.05) is 43.3 Å². The van der Waals surface area contributed by atoms with Crippen molar-refractivity contribution in [3.63, 3.8) is 0 Å². The summed E-state index contributed by atoms with van der Waals surface area (Å²) in [6.07, 6.45) is 12.3. The van der Waals surface area contributed by atoms with E-state index in [2.05, 4.69) is 107 Å². The number of rotatable bonds is 9. The molecular weight excluding hydrogens is 598 g/mol. The predicted octanol–water partition coefficient (Wildman–Crippen LogP) is 6.28. The second-order valence-electron chi connectivity index (χ2n) is 16.2. The van der Waals surface area contributed by atoms with Crippen molar-refractivity contribution in [3.05, 3.63) is 53.9 Å². The molecule has 4 heterocycles. The molecule has 0 saturated carbocycles. The summed E-state index contributed by atoms with van der Waals surface area (Å²) in [5, 5.41) is 12.6. The Kier molecular flexibility index (Phi) is 13.9. The van der Waals surface area contributed by atoms with Gasteiger partial charge >= 0.3 is 0 Å². The molecule has 1 fully saturated rings. The standard InChI is InChI=1S/C12H22N2O2S.C12H22N2O.C11H19N3/c1-10(2)17(15,16)7-6-14-9-11(8-13-14)12(3,4)5;1-10(2)15-7-6-14-9-11(8-13-14)12(3,4)5;1-11(2,3)9-5-12-14(6-9)10-7-13(4)8-10/h8-10H,6-7H2,1-5H3;8-10H,6-7H2,1-5H3;5-6,10H,7-8H2,1-4H3. The summed E-state index contributed by atoms with van der Waals surface area (Å²) in [6.45, 7) is 31.3. The van der Waals surface area contributed by atoms with Gasteiger partial charge in [-0.3, -0.25) is 14.0 Å². The highest BCUT2D eigenvalue weighted by molar-refractivity contribution is 7.91. The van der Waals surface area contributed by atoms with Crippen LogP contribution in [0.3, 0.4) is 0 Å². The third-order valence-electron chi connectivity index (χ3n) is 7.98. The van der Waals surface area contributed by atoms with Crippen molar-refractivity contribution in [1.82, 2.24) is 34.2 Å². The lowest BCUT2D eigenvalue weighted by molar-refractivity contribution is 0.0709. The fourth-order valence-corrected chi connectivity index (χ4v) is 5.26. The molecule has 4 rings (SSSR count). The summed E-state index contributed by atoms with van der Waals surface area (Å²) < 4.78 is 34.6. The van der Waals surface area contributed by atoms with E-state index in [9.17, 15) is 8.42 Å². The van der Waals surface area contributed by atoms with E-state index in [1.54, 1.807) is 18.5 Å². The minimum absolute atomic E-state index is 0.0508. The lowest BCUT2D eigenvalue weighted by atomic mass is 9.90. The van der Waals surface area contributed by atoms with Crippen LogP contribution in [0.5, 0.6) is 0 Å². The van der Waals surface area contributed by atoms with E-state index in [4.69, 9.17) is 4.74 Å². The Hall–Kier alpha value is -2.50. The molecule has 1 aliphatic rings. The van der Waals surface area contributed by atoms with Gasteiger partial charge < -0.3 is 9.64 Å². The Morgan fingerprint density at radius 1 is 0.739 bits per heavy atom. The largest absolute Gasteiger partial charge is 0.377 e. The maximum Gasteiger partial charge on any atom is 0.154 e. The summed E-state index contributed by atoms with van der Waals surface area (Å²) >= 11 is 0. The summed E-state index contributed by atoms with van der Waals surface area (Å²) in [6, 6.07) is 0.594. The van der Waals surface area contributed by atoms with E-state index in [-0.39, 0.29) is 27.2 Å². The van der Waals surface area contributed by atoms with Gasteiger partial charge in [-0.15, -0.1) is 0 Å². The van der Waals surface area contributed by atoms with E-state index in [1.165, 1.54) is 11.1 Å². The van der Waals surface area contributed by atoms with Crippen LogP contribution >= 0.6 is 0 Å². The summed E-state index contributed by atoms with van der Waals surface area (Å²) in [4.78, 5) is 2.31. The van der Waals surface area contributed by atoms with Crippen LogP contribution in [0, 0.1) is 0 Å². The Morgan fingerprint density at radius 2 is 1.17 bits per heavy atom.